The maximum Gasteiger partial charge on any atom is 0.223 e. The van der Waals surface area contributed by atoms with Crippen molar-refractivity contribution in [2.45, 2.75) is 38.3 Å². The molecule has 1 aliphatic rings. The highest BCUT2D eigenvalue weighted by atomic mass is 35.5. The van der Waals surface area contributed by atoms with Gasteiger partial charge in [-0.25, -0.2) is 0 Å². The summed E-state index contributed by atoms with van der Waals surface area (Å²) in [5.74, 6) is 1.43. The first kappa shape index (κ1) is 20.3. The van der Waals surface area contributed by atoms with Crippen LogP contribution in [-0.2, 0) is 11.4 Å². The van der Waals surface area contributed by atoms with E-state index < -0.39 is 0 Å². The largest absolute Gasteiger partial charge is 0.489 e. The molecule has 1 saturated carbocycles. The van der Waals surface area contributed by atoms with Crippen molar-refractivity contribution in [2.24, 2.45) is 11.7 Å². The molecule has 3 unspecified atom stereocenters. The van der Waals surface area contributed by atoms with E-state index in [0.29, 0.717) is 19.1 Å². The number of halogens is 1. The topological polar surface area (TPSA) is 64.3 Å². The summed E-state index contributed by atoms with van der Waals surface area (Å²) >= 11 is 0. The first-order chi connectivity index (χ1) is 12.1. The van der Waals surface area contributed by atoms with Crippen LogP contribution in [0, 0.1) is 5.92 Å². The lowest BCUT2D eigenvalue weighted by atomic mass is 10.1. The van der Waals surface area contributed by atoms with Crippen molar-refractivity contribution in [3.05, 3.63) is 65.7 Å². The van der Waals surface area contributed by atoms with Crippen molar-refractivity contribution in [1.82, 2.24) is 5.32 Å². The Morgan fingerprint density at radius 2 is 1.88 bits per heavy atom. The lowest BCUT2D eigenvalue weighted by Crippen LogP contribution is -2.30. The number of carbonyl (C=O) groups excluding carboxylic acids is 1. The zero-order chi connectivity index (χ0) is 17.6. The third-order valence-electron chi connectivity index (χ3n) is 4.58. The van der Waals surface area contributed by atoms with Crippen molar-refractivity contribution in [2.75, 3.05) is 6.54 Å². The van der Waals surface area contributed by atoms with Gasteiger partial charge in [0.15, 0.2) is 0 Å². The van der Waals surface area contributed by atoms with E-state index in [9.17, 15) is 4.79 Å². The van der Waals surface area contributed by atoms with Gasteiger partial charge in [-0.3, -0.25) is 4.79 Å². The van der Waals surface area contributed by atoms with Crippen LogP contribution >= 0.6 is 12.4 Å². The summed E-state index contributed by atoms with van der Waals surface area (Å²) in [5.41, 5.74) is 8.06. The first-order valence-electron chi connectivity index (χ1n) is 8.93. The third-order valence-corrected chi connectivity index (χ3v) is 4.58. The maximum atomic E-state index is 12.1. The second-order valence-corrected chi connectivity index (χ2v) is 6.85. The van der Waals surface area contributed by atoms with E-state index >= 15 is 0 Å². The second-order valence-electron chi connectivity index (χ2n) is 6.85. The summed E-state index contributed by atoms with van der Waals surface area (Å²) in [6, 6.07) is 18.3. The van der Waals surface area contributed by atoms with E-state index in [-0.39, 0.29) is 30.3 Å². The van der Waals surface area contributed by atoms with Crippen LogP contribution in [0.5, 0.6) is 5.75 Å². The first-order valence-corrected chi connectivity index (χ1v) is 8.93. The number of ether oxygens (including phenoxy) is 1. The van der Waals surface area contributed by atoms with Crippen LogP contribution in [0.4, 0.5) is 0 Å². The quantitative estimate of drug-likeness (QED) is 0.741. The molecule has 3 atom stereocenters. The molecule has 1 aliphatic carbocycles. The summed E-state index contributed by atoms with van der Waals surface area (Å²) in [6.07, 6.45) is 1.74. The Morgan fingerprint density at radius 3 is 2.54 bits per heavy atom. The standard InChI is InChI=1S/C21H26N2O2.ClH/c1-15(22)11-12-23-21(24)20-13-19(20)17-7-9-18(10-8-17)25-14-16-5-3-2-4-6-16;/h2-10,15,19-20H,11-14,22H2,1H3,(H,23,24);1H. The summed E-state index contributed by atoms with van der Waals surface area (Å²) in [6.45, 7) is 3.17. The monoisotopic (exact) mass is 374 g/mol. The maximum absolute atomic E-state index is 12.1. The molecule has 0 spiro atoms. The molecule has 0 aliphatic heterocycles. The Labute approximate surface area is 161 Å². The number of amides is 1. The fourth-order valence-corrected chi connectivity index (χ4v) is 2.96. The highest BCUT2D eigenvalue weighted by Gasteiger charge is 2.43. The van der Waals surface area contributed by atoms with Crippen LogP contribution in [0.15, 0.2) is 54.6 Å². The van der Waals surface area contributed by atoms with Gasteiger partial charge in [0.1, 0.15) is 12.4 Å². The zero-order valence-electron chi connectivity index (χ0n) is 15.1. The van der Waals surface area contributed by atoms with Gasteiger partial charge in [0, 0.05) is 18.5 Å². The molecule has 4 nitrogen and oxygen atoms in total. The number of hydrogen-bond donors (Lipinski definition) is 2. The average molecular weight is 375 g/mol. The molecule has 140 valence electrons. The molecule has 5 heteroatoms. The minimum Gasteiger partial charge on any atom is -0.489 e. The van der Waals surface area contributed by atoms with Gasteiger partial charge in [0.05, 0.1) is 0 Å². The summed E-state index contributed by atoms with van der Waals surface area (Å²) in [5, 5.41) is 2.98. The summed E-state index contributed by atoms with van der Waals surface area (Å²) < 4.78 is 5.81. The van der Waals surface area contributed by atoms with Crippen LogP contribution < -0.4 is 15.8 Å². The molecule has 0 heterocycles. The van der Waals surface area contributed by atoms with Crippen molar-refractivity contribution >= 4 is 18.3 Å². The number of hydrogen-bond acceptors (Lipinski definition) is 3. The van der Waals surface area contributed by atoms with Gasteiger partial charge < -0.3 is 15.8 Å². The van der Waals surface area contributed by atoms with Gasteiger partial charge in [-0.2, -0.15) is 0 Å². The SMILES string of the molecule is CC(N)CCNC(=O)C1CC1c1ccc(OCc2ccccc2)cc1.Cl. The van der Waals surface area contributed by atoms with Crippen molar-refractivity contribution in [3.8, 4) is 5.75 Å². The number of nitrogens with one attached hydrogen (secondary N) is 1. The van der Waals surface area contributed by atoms with Crippen molar-refractivity contribution in [1.29, 1.82) is 0 Å². The lowest BCUT2D eigenvalue weighted by Gasteiger charge is -2.08. The second kappa shape index (κ2) is 9.60. The predicted molar refractivity (Wildman–Crippen MR) is 107 cm³/mol. The Balaban J connectivity index is 0.00000243. The van der Waals surface area contributed by atoms with Gasteiger partial charge in [0.25, 0.3) is 0 Å². The van der Waals surface area contributed by atoms with Gasteiger partial charge in [-0.1, -0.05) is 42.5 Å². The Kier molecular flexibility index (Phi) is 7.49. The van der Waals surface area contributed by atoms with Gasteiger partial charge in [-0.15, -0.1) is 12.4 Å². The van der Waals surface area contributed by atoms with E-state index in [1.807, 2.05) is 49.4 Å². The van der Waals surface area contributed by atoms with Crippen LogP contribution in [0.25, 0.3) is 0 Å². The molecule has 3 N–H and O–H groups in total. The molecule has 0 radical (unpaired) electrons. The lowest BCUT2D eigenvalue weighted by molar-refractivity contribution is -0.122. The molecular formula is C21H27ClN2O2. The summed E-state index contributed by atoms with van der Waals surface area (Å²) in [7, 11) is 0. The van der Waals surface area contributed by atoms with E-state index in [2.05, 4.69) is 17.4 Å². The zero-order valence-corrected chi connectivity index (χ0v) is 15.9. The van der Waals surface area contributed by atoms with E-state index in [1.165, 1.54) is 5.56 Å². The van der Waals surface area contributed by atoms with Crippen LogP contribution in [0.1, 0.15) is 36.8 Å². The molecule has 0 bridgehead atoms. The number of benzene rings is 2. The molecule has 2 aromatic carbocycles. The molecular weight excluding hydrogens is 348 g/mol. The van der Waals surface area contributed by atoms with Crippen LogP contribution in [0.2, 0.25) is 0 Å². The Bertz CT molecular complexity index is 689. The highest BCUT2D eigenvalue weighted by Crippen LogP contribution is 2.47. The van der Waals surface area contributed by atoms with Crippen molar-refractivity contribution in [3.63, 3.8) is 0 Å². The van der Waals surface area contributed by atoms with Gasteiger partial charge >= 0.3 is 0 Å². The van der Waals surface area contributed by atoms with E-state index in [4.69, 9.17) is 10.5 Å². The number of nitrogens with two attached hydrogens (primary N) is 1. The summed E-state index contributed by atoms with van der Waals surface area (Å²) in [4.78, 5) is 12.1. The molecule has 0 aromatic heterocycles. The molecule has 1 fully saturated rings. The van der Waals surface area contributed by atoms with Gasteiger partial charge in [-0.05, 0) is 48.9 Å². The molecule has 2 aromatic rings. The predicted octanol–water partition coefficient (Wildman–Crippen LogP) is 3.64. The van der Waals surface area contributed by atoms with Gasteiger partial charge in [0.2, 0.25) is 5.91 Å². The minimum atomic E-state index is 0. The fraction of sp³-hybridized carbons (Fsp3) is 0.381. The Morgan fingerprint density at radius 1 is 1.19 bits per heavy atom. The molecule has 3 rings (SSSR count). The van der Waals surface area contributed by atoms with Crippen LogP contribution in [0.3, 0.4) is 0 Å². The van der Waals surface area contributed by atoms with E-state index in [1.54, 1.807) is 0 Å². The number of rotatable bonds is 8. The third kappa shape index (κ3) is 5.75. The smallest absolute Gasteiger partial charge is 0.223 e. The van der Waals surface area contributed by atoms with Crippen molar-refractivity contribution < 1.29 is 9.53 Å². The molecule has 26 heavy (non-hydrogen) atoms. The Hall–Kier alpha value is -2.04. The highest BCUT2D eigenvalue weighted by molar-refractivity contribution is 5.85. The fourth-order valence-electron chi connectivity index (χ4n) is 2.96. The van der Waals surface area contributed by atoms with Crippen LogP contribution in [-0.4, -0.2) is 18.5 Å². The molecule has 1 amide bonds. The normalized spacial score (nSPS) is 19.2. The molecule has 0 saturated heterocycles. The minimum absolute atomic E-state index is 0. The van der Waals surface area contributed by atoms with E-state index in [0.717, 1.165) is 24.2 Å². The average Bonchev–Trinajstić information content (AvgIpc) is 3.42. The number of carbonyl (C=O) groups is 1.